The number of primary sulfonamides is 1. The molecular weight excluding hydrogens is 282 g/mol. The summed E-state index contributed by atoms with van der Waals surface area (Å²) in [5, 5.41) is 8.22. The Bertz CT molecular complexity index is 693. The van der Waals surface area contributed by atoms with E-state index >= 15 is 0 Å². The number of anilines is 2. The maximum Gasteiger partial charge on any atom is 0.240 e. The van der Waals surface area contributed by atoms with Crippen LogP contribution in [0.5, 0.6) is 0 Å². The van der Waals surface area contributed by atoms with E-state index in [0.29, 0.717) is 12.2 Å². The first-order valence-corrected chi connectivity index (χ1v) is 7.94. The van der Waals surface area contributed by atoms with Gasteiger partial charge in [-0.25, -0.2) is 13.6 Å². The highest BCUT2D eigenvalue weighted by atomic mass is 32.2. The normalized spacial score (nSPS) is 11.5. The Labute approximate surface area is 116 Å². The molecule has 1 heterocycles. The lowest BCUT2D eigenvalue weighted by Crippen LogP contribution is -2.15. The summed E-state index contributed by atoms with van der Waals surface area (Å²) < 4.78 is 22.7. The predicted octanol–water partition coefficient (Wildman–Crippen LogP) is 1.90. The fraction of sp³-hybridized carbons (Fsp3) is 0.167. The molecule has 0 aliphatic heterocycles. The average molecular weight is 297 g/mol. The van der Waals surface area contributed by atoms with E-state index in [1.54, 1.807) is 23.5 Å². The molecule has 0 atom stereocenters. The fourth-order valence-electron chi connectivity index (χ4n) is 1.71. The third-order valence-corrected chi connectivity index (χ3v) is 4.59. The lowest BCUT2D eigenvalue weighted by molar-refractivity contribution is 0.598. The number of hydrogen-bond donors (Lipinski definition) is 3. The highest BCUT2D eigenvalue weighted by Crippen LogP contribution is 2.26. The smallest absolute Gasteiger partial charge is 0.240 e. The summed E-state index contributed by atoms with van der Waals surface area (Å²) in [6, 6.07) is 8.78. The highest BCUT2D eigenvalue weighted by molar-refractivity contribution is 7.89. The Kier molecular flexibility index (Phi) is 3.79. The number of aryl methyl sites for hydroxylation is 1. The largest absolute Gasteiger partial charge is 0.396 e. The van der Waals surface area contributed by atoms with E-state index in [9.17, 15) is 8.42 Å². The summed E-state index contributed by atoms with van der Waals surface area (Å²) in [5.74, 6) is 0. The third-order valence-electron chi connectivity index (χ3n) is 2.62. The van der Waals surface area contributed by atoms with Gasteiger partial charge >= 0.3 is 0 Å². The van der Waals surface area contributed by atoms with Crippen LogP contribution in [0.25, 0.3) is 0 Å². The molecule has 0 radical (unpaired) electrons. The molecule has 0 fully saturated rings. The lowest BCUT2D eigenvalue weighted by Gasteiger charge is -2.11. The molecule has 2 aromatic rings. The van der Waals surface area contributed by atoms with E-state index in [0.717, 1.165) is 4.88 Å². The van der Waals surface area contributed by atoms with Gasteiger partial charge in [-0.2, -0.15) is 0 Å². The van der Waals surface area contributed by atoms with Crippen molar-refractivity contribution in [2.75, 3.05) is 11.1 Å². The molecule has 1 aromatic carbocycles. The zero-order valence-corrected chi connectivity index (χ0v) is 12.0. The topological polar surface area (TPSA) is 98.2 Å². The van der Waals surface area contributed by atoms with Gasteiger partial charge in [0.05, 0.1) is 11.4 Å². The molecule has 0 aliphatic rings. The Balaban J connectivity index is 2.22. The van der Waals surface area contributed by atoms with Crippen molar-refractivity contribution in [3.63, 3.8) is 0 Å². The number of para-hydroxylation sites is 1. The summed E-state index contributed by atoms with van der Waals surface area (Å²) in [6.45, 7) is 2.63. The van der Waals surface area contributed by atoms with Crippen molar-refractivity contribution < 1.29 is 8.42 Å². The van der Waals surface area contributed by atoms with E-state index in [4.69, 9.17) is 10.9 Å². The van der Waals surface area contributed by atoms with Crippen molar-refractivity contribution in [2.24, 2.45) is 5.14 Å². The summed E-state index contributed by atoms with van der Waals surface area (Å²) in [4.78, 5) is 2.32. The summed E-state index contributed by atoms with van der Waals surface area (Å²) in [7, 11) is -3.80. The van der Waals surface area contributed by atoms with Gasteiger partial charge in [0, 0.05) is 16.3 Å². The molecule has 19 heavy (non-hydrogen) atoms. The number of nitrogens with one attached hydrogen (secondary N) is 1. The van der Waals surface area contributed by atoms with Crippen molar-refractivity contribution in [3.05, 3.63) is 40.1 Å². The molecule has 0 bridgehead atoms. The van der Waals surface area contributed by atoms with E-state index < -0.39 is 10.0 Å². The van der Waals surface area contributed by atoms with Crippen LogP contribution in [-0.4, -0.2) is 8.42 Å². The van der Waals surface area contributed by atoms with Crippen molar-refractivity contribution in [2.45, 2.75) is 18.4 Å². The number of nitrogens with two attached hydrogens (primary N) is 2. The first-order chi connectivity index (χ1) is 8.88. The Morgan fingerprint density at radius 1 is 1.26 bits per heavy atom. The molecule has 0 spiro atoms. The van der Waals surface area contributed by atoms with Gasteiger partial charge in [-0.15, -0.1) is 11.3 Å². The average Bonchev–Trinajstić information content (AvgIpc) is 2.72. The Morgan fingerprint density at radius 2 is 2.00 bits per heavy atom. The minimum atomic E-state index is -3.80. The molecule has 0 aliphatic carbocycles. The molecule has 5 N–H and O–H groups in total. The van der Waals surface area contributed by atoms with Crippen LogP contribution in [0.3, 0.4) is 0 Å². The molecule has 0 saturated carbocycles. The molecule has 0 unspecified atom stereocenters. The van der Waals surface area contributed by atoms with Crippen LogP contribution >= 0.6 is 11.3 Å². The molecule has 0 amide bonds. The standard InChI is InChI=1S/C12H15N3O2S2/c1-8-5-6-9(18-8)7-15-10-3-2-4-11(12(10)13)19(14,16)17/h2-6,15H,7,13H2,1H3,(H2,14,16,17). The number of nitrogen functional groups attached to an aromatic ring is 1. The molecule has 7 heteroatoms. The highest BCUT2D eigenvalue weighted by Gasteiger charge is 2.14. The van der Waals surface area contributed by atoms with Crippen molar-refractivity contribution in [3.8, 4) is 0 Å². The van der Waals surface area contributed by atoms with Crippen molar-refractivity contribution >= 4 is 32.7 Å². The van der Waals surface area contributed by atoms with Crippen molar-refractivity contribution in [1.29, 1.82) is 0 Å². The van der Waals surface area contributed by atoms with Gasteiger partial charge in [0.1, 0.15) is 4.90 Å². The summed E-state index contributed by atoms with van der Waals surface area (Å²) >= 11 is 1.68. The second-order valence-electron chi connectivity index (χ2n) is 4.13. The zero-order chi connectivity index (χ0) is 14.0. The molecule has 5 nitrogen and oxygen atoms in total. The molecule has 102 valence electrons. The van der Waals surface area contributed by atoms with Gasteiger partial charge < -0.3 is 11.1 Å². The minimum Gasteiger partial charge on any atom is -0.396 e. The molecule has 2 rings (SSSR count). The third kappa shape index (κ3) is 3.25. The van der Waals surface area contributed by atoms with E-state index in [1.165, 1.54) is 10.9 Å². The van der Waals surface area contributed by atoms with E-state index in [-0.39, 0.29) is 10.6 Å². The van der Waals surface area contributed by atoms with Crippen molar-refractivity contribution in [1.82, 2.24) is 0 Å². The predicted molar refractivity (Wildman–Crippen MR) is 78.6 cm³/mol. The Morgan fingerprint density at radius 3 is 2.58 bits per heavy atom. The van der Waals surface area contributed by atoms with Crippen LogP contribution in [0.1, 0.15) is 9.75 Å². The van der Waals surface area contributed by atoms with Crippen LogP contribution < -0.4 is 16.2 Å². The fourth-order valence-corrected chi connectivity index (χ4v) is 3.22. The van der Waals surface area contributed by atoms with Gasteiger partial charge in [-0.1, -0.05) is 6.07 Å². The van der Waals surface area contributed by atoms with Gasteiger partial charge in [0.25, 0.3) is 0 Å². The number of rotatable bonds is 4. The lowest BCUT2D eigenvalue weighted by atomic mass is 10.2. The van der Waals surface area contributed by atoms with Gasteiger partial charge in [-0.05, 0) is 31.2 Å². The SMILES string of the molecule is Cc1ccc(CNc2cccc(S(N)(=O)=O)c2N)s1. The van der Waals surface area contributed by atoms with Crippen LogP contribution in [0, 0.1) is 6.92 Å². The first-order valence-electron chi connectivity index (χ1n) is 5.58. The van der Waals surface area contributed by atoms with Gasteiger partial charge in [0.2, 0.25) is 10.0 Å². The second-order valence-corrected chi connectivity index (χ2v) is 7.03. The number of thiophene rings is 1. The molecule has 0 saturated heterocycles. The first kappa shape index (κ1) is 13.9. The second kappa shape index (κ2) is 5.20. The number of benzene rings is 1. The quantitative estimate of drug-likeness (QED) is 0.751. The monoisotopic (exact) mass is 297 g/mol. The molecule has 1 aromatic heterocycles. The van der Waals surface area contributed by atoms with Crippen LogP contribution in [0.4, 0.5) is 11.4 Å². The zero-order valence-electron chi connectivity index (χ0n) is 10.4. The van der Waals surface area contributed by atoms with Crippen LogP contribution in [0.15, 0.2) is 35.2 Å². The van der Waals surface area contributed by atoms with Crippen LogP contribution in [-0.2, 0) is 16.6 Å². The minimum absolute atomic E-state index is 0.0557. The van der Waals surface area contributed by atoms with E-state index in [2.05, 4.69) is 5.32 Å². The van der Waals surface area contributed by atoms with Gasteiger partial charge in [0.15, 0.2) is 0 Å². The number of hydrogen-bond acceptors (Lipinski definition) is 5. The maximum atomic E-state index is 11.4. The summed E-state index contributed by atoms with van der Waals surface area (Å²) in [5.41, 5.74) is 6.54. The molecular formula is C12H15N3O2S2. The Hall–Kier alpha value is -1.57. The summed E-state index contributed by atoms with van der Waals surface area (Å²) in [6.07, 6.45) is 0. The van der Waals surface area contributed by atoms with E-state index in [1.807, 2.05) is 19.1 Å². The number of sulfonamides is 1. The van der Waals surface area contributed by atoms with Gasteiger partial charge in [-0.3, -0.25) is 0 Å². The van der Waals surface area contributed by atoms with Crippen LogP contribution in [0.2, 0.25) is 0 Å². The maximum absolute atomic E-state index is 11.4.